The molecule has 0 saturated heterocycles. The van der Waals surface area contributed by atoms with Crippen LogP contribution in [-0.4, -0.2) is 24.3 Å². The third kappa shape index (κ3) is 3.16. The van der Waals surface area contributed by atoms with Crippen molar-refractivity contribution in [2.24, 2.45) is 40.4 Å². The molecule has 0 radical (unpaired) electrons. The van der Waals surface area contributed by atoms with Gasteiger partial charge < -0.3 is 9.84 Å². The van der Waals surface area contributed by atoms with E-state index in [0.29, 0.717) is 23.2 Å². The lowest BCUT2D eigenvalue weighted by molar-refractivity contribution is -0.141. The molecule has 4 rings (SSSR count). The lowest BCUT2D eigenvalue weighted by Gasteiger charge is -2.58. The summed E-state index contributed by atoms with van der Waals surface area (Å²) < 4.78 is 4.87. The summed E-state index contributed by atoms with van der Waals surface area (Å²) in [7, 11) is 1.50. The van der Waals surface area contributed by atoms with Gasteiger partial charge in [0, 0.05) is 6.42 Å². The van der Waals surface area contributed by atoms with E-state index in [1.165, 1.54) is 45.6 Å². The zero-order valence-electron chi connectivity index (χ0n) is 18.4. The Morgan fingerprint density at radius 1 is 1.21 bits per heavy atom. The molecule has 3 fully saturated rings. The van der Waals surface area contributed by atoms with Gasteiger partial charge in [0.15, 0.2) is 0 Å². The first-order chi connectivity index (χ1) is 13.3. The van der Waals surface area contributed by atoms with Crippen LogP contribution in [0.3, 0.4) is 0 Å². The number of rotatable bonds is 4. The van der Waals surface area contributed by atoms with Gasteiger partial charge in [-0.2, -0.15) is 0 Å². The minimum Gasteiger partial charge on any atom is -0.469 e. The number of allylic oxidation sites excluding steroid dienone is 1. The molecule has 3 heteroatoms. The van der Waals surface area contributed by atoms with Gasteiger partial charge in [0.25, 0.3) is 0 Å². The van der Waals surface area contributed by atoms with E-state index in [2.05, 4.69) is 26.8 Å². The third-order valence-corrected chi connectivity index (χ3v) is 9.87. The van der Waals surface area contributed by atoms with Gasteiger partial charge in [0.05, 0.1) is 13.2 Å². The Labute approximate surface area is 171 Å². The van der Waals surface area contributed by atoms with Crippen molar-refractivity contribution in [2.45, 2.75) is 91.1 Å². The van der Waals surface area contributed by atoms with Gasteiger partial charge in [-0.1, -0.05) is 32.4 Å². The van der Waals surface area contributed by atoms with Crippen molar-refractivity contribution in [1.82, 2.24) is 0 Å². The monoisotopic (exact) mass is 388 g/mol. The highest BCUT2D eigenvalue weighted by atomic mass is 16.5. The molecule has 8 atom stereocenters. The second-order valence-electron chi connectivity index (χ2n) is 11.0. The number of carbonyl (C=O) groups is 1. The quantitative estimate of drug-likeness (QED) is 0.510. The number of methoxy groups -OCH3 is 1. The largest absolute Gasteiger partial charge is 0.469 e. The Kier molecular flexibility index (Phi) is 5.44. The second kappa shape index (κ2) is 7.45. The Morgan fingerprint density at radius 2 is 2.00 bits per heavy atom. The molecule has 4 aliphatic rings. The lowest BCUT2D eigenvalue weighted by Crippen LogP contribution is -2.50. The molecule has 3 nitrogen and oxygen atoms in total. The molecule has 0 heterocycles. The Morgan fingerprint density at radius 3 is 2.75 bits per heavy atom. The van der Waals surface area contributed by atoms with Crippen molar-refractivity contribution < 1.29 is 14.6 Å². The van der Waals surface area contributed by atoms with Gasteiger partial charge in [0.1, 0.15) is 0 Å². The van der Waals surface area contributed by atoms with Crippen LogP contribution in [0.4, 0.5) is 0 Å². The van der Waals surface area contributed by atoms with Gasteiger partial charge >= 0.3 is 5.97 Å². The van der Waals surface area contributed by atoms with Gasteiger partial charge in [-0.05, 0) is 98.2 Å². The van der Waals surface area contributed by atoms with Crippen LogP contribution < -0.4 is 0 Å². The number of aliphatic hydroxyl groups is 1. The molecule has 0 unspecified atom stereocenters. The van der Waals surface area contributed by atoms with Crippen LogP contribution in [-0.2, 0) is 9.53 Å². The van der Waals surface area contributed by atoms with E-state index < -0.39 is 0 Å². The van der Waals surface area contributed by atoms with E-state index >= 15 is 0 Å². The molecular weight excluding hydrogens is 348 g/mol. The van der Waals surface area contributed by atoms with Crippen LogP contribution in [0.15, 0.2) is 11.6 Å². The highest BCUT2D eigenvalue weighted by molar-refractivity contribution is 5.69. The maximum Gasteiger partial charge on any atom is 0.305 e. The summed E-state index contributed by atoms with van der Waals surface area (Å²) in [6.45, 7) is 7.46. The smallest absolute Gasteiger partial charge is 0.305 e. The first-order valence-electron chi connectivity index (χ1n) is 11.7. The van der Waals surface area contributed by atoms with Crippen LogP contribution in [0.25, 0.3) is 0 Å². The Balaban J connectivity index is 1.51. The molecule has 4 aliphatic carbocycles. The summed E-state index contributed by atoms with van der Waals surface area (Å²) in [4.78, 5) is 11.6. The maximum atomic E-state index is 11.6. The summed E-state index contributed by atoms with van der Waals surface area (Å²) in [6, 6.07) is 0. The van der Waals surface area contributed by atoms with Crippen LogP contribution in [0.1, 0.15) is 85.0 Å². The number of hydrogen-bond donors (Lipinski definition) is 1. The number of ether oxygens (including phenoxy) is 1. The predicted molar refractivity (Wildman–Crippen MR) is 112 cm³/mol. The van der Waals surface area contributed by atoms with Gasteiger partial charge in [0.2, 0.25) is 0 Å². The molecule has 0 aromatic heterocycles. The predicted octanol–water partition coefficient (Wildman–Crippen LogP) is 5.52. The summed E-state index contributed by atoms with van der Waals surface area (Å²) in [5.41, 5.74) is 2.34. The maximum absolute atomic E-state index is 11.6. The highest BCUT2D eigenvalue weighted by Gasteiger charge is 2.59. The average Bonchev–Trinajstić information content (AvgIpc) is 3.03. The van der Waals surface area contributed by atoms with Gasteiger partial charge in [-0.15, -0.1) is 0 Å². The molecule has 0 bridgehead atoms. The van der Waals surface area contributed by atoms with Crippen LogP contribution in [0, 0.1) is 40.4 Å². The van der Waals surface area contributed by atoms with Crippen LogP contribution in [0.2, 0.25) is 0 Å². The van der Waals surface area contributed by atoms with Crippen LogP contribution in [0.5, 0.6) is 0 Å². The Bertz CT molecular complexity index is 640. The highest BCUT2D eigenvalue weighted by Crippen LogP contribution is 2.67. The minimum absolute atomic E-state index is 0.0624. The summed E-state index contributed by atoms with van der Waals surface area (Å²) >= 11 is 0. The van der Waals surface area contributed by atoms with Crippen molar-refractivity contribution in [3.63, 3.8) is 0 Å². The van der Waals surface area contributed by atoms with Gasteiger partial charge in [-0.25, -0.2) is 0 Å². The standard InChI is InChI=1S/C25H40O3/c1-16(5-10-23(27)28-4)20-8-9-21-19-7-6-17-15-18(26)11-13-24(17,2)22(19)12-14-25(20,21)3/h6,16,18-22,26H,5,7-15H2,1-4H3/t16-,18+,19-,20+,21-,22-,24-,25+/m0/s1. The first kappa shape index (κ1) is 20.4. The molecular formula is C25H40O3. The summed E-state index contributed by atoms with van der Waals surface area (Å²) in [5.74, 6) is 3.74. The summed E-state index contributed by atoms with van der Waals surface area (Å²) in [6.07, 6.45) is 13.6. The Hall–Kier alpha value is -0.830. The molecule has 158 valence electrons. The van der Waals surface area contributed by atoms with Crippen molar-refractivity contribution in [1.29, 1.82) is 0 Å². The van der Waals surface area contributed by atoms with Crippen molar-refractivity contribution in [2.75, 3.05) is 7.11 Å². The first-order valence-corrected chi connectivity index (χ1v) is 11.7. The minimum atomic E-state index is -0.115. The summed E-state index contributed by atoms with van der Waals surface area (Å²) in [5, 5.41) is 10.2. The third-order valence-electron chi connectivity index (χ3n) is 9.87. The topological polar surface area (TPSA) is 46.5 Å². The zero-order chi connectivity index (χ0) is 20.1. The van der Waals surface area contributed by atoms with E-state index in [1.807, 2.05) is 0 Å². The molecule has 3 saturated carbocycles. The number of aliphatic hydroxyl groups excluding tert-OH is 1. The van der Waals surface area contributed by atoms with E-state index in [-0.39, 0.29) is 12.1 Å². The van der Waals surface area contributed by atoms with E-state index in [9.17, 15) is 9.90 Å². The van der Waals surface area contributed by atoms with E-state index in [1.54, 1.807) is 5.57 Å². The molecule has 0 aromatic rings. The molecule has 0 aromatic carbocycles. The van der Waals surface area contributed by atoms with Crippen molar-refractivity contribution in [3.8, 4) is 0 Å². The molecule has 0 spiro atoms. The molecule has 0 amide bonds. The number of fused-ring (bicyclic) bond motifs is 5. The fraction of sp³-hybridized carbons (Fsp3) is 0.880. The van der Waals surface area contributed by atoms with Crippen LogP contribution >= 0.6 is 0 Å². The van der Waals surface area contributed by atoms with Crippen molar-refractivity contribution in [3.05, 3.63) is 11.6 Å². The molecule has 1 N–H and O–H groups in total. The lowest BCUT2D eigenvalue weighted by atomic mass is 9.47. The zero-order valence-corrected chi connectivity index (χ0v) is 18.4. The average molecular weight is 389 g/mol. The fourth-order valence-electron chi connectivity index (χ4n) is 8.27. The van der Waals surface area contributed by atoms with E-state index in [4.69, 9.17) is 4.74 Å². The SMILES string of the molecule is COC(=O)CC[C@H](C)[C@H]1CC[C@H]2[C@@H]3CC=C4C[C@H](O)CC[C@]4(C)[C@H]3CC[C@]12C. The van der Waals surface area contributed by atoms with E-state index in [0.717, 1.165) is 42.9 Å². The normalized spacial score (nSPS) is 46.0. The number of carbonyl (C=O) groups excluding carboxylic acids is 1. The van der Waals surface area contributed by atoms with Crippen molar-refractivity contribution >= 4 is 5.97 Å². The fourth-order valence-corrected chi connectivity index (χ4v) is 8.27. The van der Waals surface area contributed by atoms with Gasteiger partial charge in [-0.3, -0.25) is 4.79 Å². The second-order valence-corrected chi connectivity index (χ2v) is 11.0. The molecule has 28 heavy (non-hydrogen) atoms. The number of hydrogen-bond acceptors (Lipinski definition) is 3. The number of esters is 1. The molecule has 0 aliphatic heterocycles.